The van der Waals surface area contributed by atoms with E-state index in [1.165, 1.54) is 18.6 Å². The van der Waals surface area contributed by atoms with Crippen LogP contribution in [0.3, 0.4) is 0 Å². The van der Waals surface area contributed by atoms with Gasteiger partial charge in [0, 0.05) is 18.8 Å². The molecule has 102 valence electrons. The molecule has 0 aliphatic heterocycles. The highest BCUT2D eigenvalue weighted by Gasteiger charge is 2.19. The van der Waals surface area contributed by atoms with Gasteiger partial charge in [-0.25, -0.2) is 15.0 Å². The summed E-state index contributed by atoms with van der Waals surface area (Å²) in [5.41, 5.74) is 0. The minimum absolute atomic E-state index is 0.0541. The van der Waals surface area contributed by atoms with Gasteiger partial charge in [-0.15, -0.1) is 0 Å². The van der Waals surface area contributed by atoms with Crippen molar-refractivity contribution in [1.82, 2.24) is 19.5 Å². The predicted octanol–water partition coefficient (Wildman–Crippen LogP) is 1.46. The highest BCUT2D eigenvalue weighted by molar-refractivity contribution is 7.92. The second kappa shape index (κ2) is 5.14. The standard InChI is InChI=1S/C10H12ClN5O2S/c1-3-16-5-10(14-7(16)2)19(17,18)15-9-4-8(11)12-6-13-9/h4-6H,3H2,1-2H3,(H,12,13,15). The van der Waals surface area contributed by atoms with Gasteiger partial charge in [0.15, 0.2) is 5.03 Å². The molecule has 0 aromatic carbocycles. The molecule has 9 heteroatoms. The van der Waals surface area contributed by atoms with E-state index in [0.29, 0.717) is 12.4 Å². The molecule has 1 N–H and O–H groups in total. The van der Waals surface area contributed by atoms with Gasteiger partial charge < -0.3 is 4.57 Å². The SMILES string of the molecule is CCn1cc(S(=O)(=O)Nc2cc(Cl)ncn2)nc1C. The number of rotatable bonds is 4. The lowest BCUT2D eigenvalue weighted by molar-refractivity contribution is 0.597. The maximum atomic E-state index is 12.1. The Morgan fingerprint density at radius 1 is 1.42 bits per heavy atom. The molecule has 2 aromatic heterocycles. The fourth-order valence-electron chi connectivity index (χ4n) is 1.51. The van der Waals surface area contributed by atoms with E-state index < -0.39 is 10.0 Å². The lowest BCUT2D eigenvalue weighted by Gasteiger charge is -2.04. The van der Waals surface area contributed by atoms with Crippen LogP contribution in [0.5, 0.6) is 0 Å². The molecule has 0 spiro atoms. The summed E-state index contributed by atoms with van der Waals surface area (Å²) < 4.78 is 28.2. The zero-order valence-corrected chi connectivity index (χ0v) is 11.9. The zero-order valence-electron chi connectivity index (χ0n) is 10.3. The van der Waals surface area contributed by atoms with Crippen LogP contribution < -0.4 is 4.72 Å². The fourth-order valence-corrected chi connectivity index (χ4v) is 2.67. The summed E-state index contributed by atoms with van der Waals surface area (Å²) in [6, 6.07) is 1.32. The van der Waals surface area contributed by atoms with Gasteiger partial charge in [-0.2, -0.15) is 8.42 Å². The first-order valence-corrected chi connectivity index (χ1v) is 7.32. The molecular formula is C10H12ClN5O2S. The molecule has 0 amide bonds. The first-order chi connectivity index (χ1) is 8.92. The van der Waals surface area contributed by atoms with E-state index in [1.807, 2.05) is 6.92 Å². The minimum Gasteiger partial charge on any atom is -0.334 e. The molecule has 0 saturated heterocycles. The summed E-state index contributed by atoms with van der Waals surface area (Å²) in [6.07, 6.45) is 2.65. The maximum absolute atomic E-state index is 12.1. The molecule has 0 aliphatic rings. The summed E-state index contributed by atoms with van der Waals surface area (Å²) in [5.74, 6) is 0.729. The van der Waals surface area contributed by atoms with Crippen LogP contribution >= 0.6 is 11.6 Å². The number of aromatic nitrogens is 4. The number of anilines is 1. The molecule has 0 radical (unpaired) electrons. The van der Waals surface area contributed by atoms with Crippen LogP contribution in [-0.2, 0) is 16.6 Å². The molecule has 2 heterocycles. The number of nitrogens with zero attached hydrogens (tertiary/aromatic N) is 4. The lowest BCUT2D eigenvalue weighted by atomic mass is 10.6. The third kappa shape index (κ3) is 3.02. The van der Waals surface area contributed by atoms with Crippen molar-refractivity contribution >= 4 is 27.4 Å². The van der Waals surface area contributed by atoms with Crippen LogP contribution in [0.4, 0.5) is 5.82 Å². The zero-order chi connectivity index (χ0) is 14.0. The van der Waals surface area contributed by atoms with Gasteiger partial charge in [-0.05, 0) is 13.8 Å². The number of halogens is 1. The molecule has 2 aromatic rings. The topological polar surface area (TPSA) is 89.8 Å². The highest BCUT2D eigenvalue weighted by atomic mass is 35.5. The third-order valence-electron chi connectivity index (χ3n) is 2.44. The van der Waals surface area contributed by atoms with Crippen molar-refractivity contribution in [3.05, 3.63) is 29.6 Å². The first-order valence-electron chi connectivity index (χ1n) is 5.46. The number of imidazole rings is 1. The van der Waals surface area contributed by atoms with E-state index in [4.69, 9.17) is 11.6 Å². The van der Waals surface area contributed by atoms with E-state index >= 15 is 0 Å². The Morgan fingerprint density at radius 2 is 2.16 bits per heavy atom. The van der Waals surface area contributed by atoms with Gasteiger partial charge in [0.05, 0.1) is 0 Å². The van der Waals surface area contributed by atoms with E-state index in [-0.39, 0.29) is 16.0 Å². The van der Waals surface area contributed by atoms with Gasteiger partial charge in [-0.3, -0.25) is 4.72 Å². The van der Waals surface area contributed by atoms with Crippen molar-refractivity contribution in [2.24, 2.45) is 0 Å². The van der Waals surface area contributed by atoms with E-state index in [1.54, 1.807) is 11.5 Å². The molecule has 0 bridgehead atoms. The number of aryl methyl sites for hydroxylation is 2. The maximum Gasteiger partial charge on any atom is 0.282 e. The van der Waals surface area contributed by atoms with Gasteiger partial charge in [0.1, 0.15) is 23.1 Å². The van der Waals surface area contributed by atoms with Crippen LogP contribution in [0, 0.1) is 6.92 Å². The van der Waals surface area contributed by atoms with E-state index in [0.717, 1.165) is 0 Å². The third-order valence-corrected chi connectivity index (χ3v) is 3.87. The summed E-state index contributed by atoms with van der Waals surface area (Å²) in [4.78, 5) is 11.5. The fraction of sp³-hybridized carbons (Fsp3) is 0.300. The average molecular weight is 302 g/mol. The summed E-state index contributed by atoms with van der Waals surface area (Å²) >= 11 is 5.67. The first kappa shape index (κ1) is 13.8. The molecule has 0 atom stereocenters. The molecular weight excluding hydrogens is 290 g/mol. The second-order valence-electron chi connectivity index (χ2n) is 3.74. The van der Waals surface area contributed by atoms with Gasteiger partial charge >= 0.3 is 0 Å². The molecule has 0 unspecified atom stereocenters. The van der Waals surface area contributed by atoms with Crippen molar-refractivity contribution in [3.8, 4) is 0 Å². The summed E-state index contributed by atoms with van der Waals surface area (Å²) in [6.45, 7) is 4.29. The lowest BCUT2D eigenvalue weighted by Crippen LogP contribution is -2.14. The van der Waals surface area contributed by atoms with Crippen LogP contribution in [0.25, 0.3) is 0 Å². The monoisotopic (exact) mass is 301 g/mol. The van der Waals surface area contributed by atoms with Gasteiger partial charge in [0.2, 0.25) is 0 Å². The Hall–Kier alpha value is -1.67. The van der Waals surface area contributed by atoms with Crippen molar-refractivity contribution in [3.63, 3.8) is 0 Å². The van der Waals surface area contributed by atoms with Gasteiger partial charge in [0.25, 0.3) is 10.0 Å². The smallest absolute Gasteiger partial charge is 0.282 e. The van der Waals surface area contributed by atoms with Gasteiger partial charge in [-0.1, -0.05) is 11.6 Å². The van der Waals surface area contributed by atoms with Crippen molar-refractivity contribution in [2.75, 3.05) is 4.72 Å². The van der Waals surface area contributed by atoms with Crippen molar-refractivity contribution in [1.29, 1.82) is 0 Å². The predicted molar refractivity (Wildman–Crippen MR) is 70.5 cm³/mol. The number of sulfonamides is 1. The average Bonchev–Trinajstić information content (AvgIpc) is 2.71. The Labute approximate surface area is 115 Å². The summed E-state index contributed by atoms with van der Waals surface area (Å²) in [5, 5.41) is 0.101. The molecule has 2 rings (SSSR count). The van der Waals surface area contributed by atoms with E-state index in [9.17, 15) is 8.42 Å². The minimum atomic E-state index is -3.77. The summed E-state index contributed by atoms with van der Waals surface area (Å²) in [7, 11) is -3.77. The Kier molecular flexibility index (Phi) is 3.72. The quantitative estimate of drug-likeness (QED) is 0.863. The Balaban J connectivity index is 2.32. The molecule has 0 fully saturated rings. The largest absolute Gasteiger partial charge is 0.334 e. The normalized spacial score (nSPS) is 11.5. The van der Waals surface area contributed by atoms with Crippen LogP contribution in [0.15, 0.2) is 23.6 Å². The van der Waals surface area contributed by atoms with Crippen molar-refractivity contribution < 1.29 is 8.42 Å². The van der Waals surface area contributed by atoms with Crippen molar-refractivity contribution in [2.45, 2.75) is 25.4 Å². The Bertz CT molecular complexity index is 698. The molecule has 0 aliphatic carbocycles. The number of hydrogen-bond acceptors (Lipinski definition) is 5. The van der Waals surface area contributed by atoms with E-state index in [2.05, 4.69) is 19.7 Å². The second-order valence-corrected chi connectivity index (χ2v) is 5.76. The highest BCUT2D eigenvalue weighted by Crippen LogP contribution is 2.15. The molecule has 19 heavy (non-hydrogen) atoms. The molecule has 0 saturated carbocycles. The van der Waals surface area contributed by atoms with Crippen LogP contribution in [0.2, 0.25) is 5.15 Å². The Morgan fingerprint density at radius 3 is 2.74 bits per heavy atom. The number of nitrogens with one attached hydrogen (secondary N) is 1. The number of hydrogen-bond donors (Lipinski definition) is 1. The van der Waals surface area contributed by atoms with Crippen LogP contribution in [-0.4, -0.2) is 27.9 Å². The molecule has 7 nitrogen and oxygen atoms in total. The van der Waals surface area contributed by atoms with Crippen LogP contribution in [0.1, 0.15) is 12.7 Å².